The molecule has 0 radical (unpaired) electrons. The van der Waals surface area contributed by atoms with E-state index in [1.165, 1.54) is 6.20 Å². The third kappa shape index (κ3) is 2.93. The van der Waals surface area contributed by atoms with Crippen molar-refractivity contribution < 1.29 is 19.1 Å². The van der Waals surface area contributed by atoms with Crippen LogP contribution in [0.2, 0.25) is 0 Å². The fourth-order valence-electron chi connectivity index (χ4n) is 4.51. The van der Waals surface area contributed by atoms with Crippen LogP contribution in [0.4, 0.5) is 10.1 Å². The van der Waals surface area contributed by atoms with Gasteiger partial charge in [0, 0.05) is 43.8 Å². The highest BCUT2D eigenvalue weighted by molar-refractivity contribution is 6.13. The molecule has 3 unspecified atom stereocenters. The van der Waals surface area contributed by atoms with Gasteiger partial charge in [0.1, 0.15) is 11.4 Å². The Hall–Kier alpha value is -2.74. The van der Waals surface area contributed by atoms with Crippen LogP contribution in [0.5, 0.6) is 0 Å². The van der Waals surface area contributed by atoms with Crippen molar-refractivity contribution in [1.82, 2.24) is 9.88 Å². The molecule has 3 heterocycles. The molecule has 0 aliphatic carbocycles. The molecule has 4 rings (SSSR count). The molecule has 2 aliphatic heterocycles. The van der Waals surface area contributed by atoms with Gasteiger partial charge in [-0.3, -0.25) is 9.59 Å². The number of halogens is 1. The van der Waals surface area contributed by atoms with Crippen LogP contribution in [0.25, 0.3) is 10.9 Å². The second-order valence-electron chi connectivity index (χ2n) is 8.05. The Bertz CT molecular complexity index is 1090. The van der Waals surface area contributed by atoms with E-state index in [-0.39, 0.29) is 47.0 Å². The van der Waals surface area contributed by atoms with Crippen molar-refractivity contribution in [2.45, 2.75) is 51.7 Å². The number of ketones is 1. The van der Waals surface area contributed by atoms with Crippen molar-refractivity contribution >= 4 is 28.3 Å². The number of pyridine rings is 1. The number of carbonyl (C=O) groups excluding carboxylic acids is 1. The van der Waals surface area contributed by atoms with Crippen LogP contribution in [-0.4, -0.2) is 46.6 Å². The first-order chi connectivity index (χ1) is 13.7. The van der Waals surface area contributed by atoms with Gasteiger partial charge in [-0.25, -0.2) is 9.18 Å². The zero-order chi connectivity index (χ0) is 21.0. The molecule has 2 N–H and O–H groups in total. The number of nitrogens with one attached hydrogen (secondary N) is 1. The number of benzene rings is 1. The minimum Gasteiger partial charge on any atom is -0.477 e. The molecule has 3 atom stereocenters. The van der Waals surface area contributed by atoms with E-state index in [0.717, 1.165) is 12.5 Å². The summed E-state index contributed by atoms with van der Waals surface area (Å²) in [4.78, 5) is 39.2. The van der Waals surface area contributed by atoms with Crippen LogP contribution in [-0.2, 0) is 0 Å². The molecule has 0 amide bonds. The molecule has 0 saturated carbocycles. The minimum absolute atomic E-state index is 0.0355. The fraction of sp³-hybridized carbons (Fsp3) is 0.476. The summed E-state index contributed by atoms with van der Waals surface area (Å²) in [6, 6.07) is 0.910. The van der Waals surface area contributed by atoms with Gasteiger partial charge in [0.2, 0.25) is 5.43 Å². The van der Waals surface area contributed by atoms with E-state index < -0.39 is 22.8 Å². The summed E-state index contributed by atoms with van der Waals surface area (Å²) in [6.07, 6.45) is 2.27. The SMILES string of the molecule is CCC1CN(c2c(F)cc3c(=O)c(C(=O)O)cn4c3c2C(=O)CC4C)C(C)CN1. The second kappa shape index (κ2) is 6.95. The number of carbonyl (C=O) groups is 2. The van der Waals surface area contributed by atoms with Gasteiger partial charge in [-0.1, -0.05) is 6.92 Å². The van der Waals surface area contributed by atoms with Gasteiger partial charge in [-0.15, -0.1) is 0 Å². The van der Waals surface area contributed by atoms with E-state index in [4.69, 9.17) is 0 Å². The molecule has 7 nitrogen and oxygen atoms in total. The first-order valence-electron chi connectivity index (χ1n) is 9.92. The van der Waals surface area contributed by atoms with Crippen molar-refractivity contribution in [2.24, 2.45) is 0 Å². The van der Waals surface area contributed by atoms with Crippen LogP contribution in [0.3, 0.4) is 0 Å². The van der Waals surface area contributed by atoms with Crippen molar-refractivity contribution in [3.05, 3.63) is 39.4 Å². The average Bonchev–Trinajstić information content (AvgIpc) is 2.67. The van der Waals surface area contributed by atoms with E-state index in [0.29, 0.717) is 18.6 Å². The summed E-state index contributed by atoms with van der Waals surface area (Å²) in [7, 11) is 0. The quantitative estimate of drug-likeness (QED) is 0.821. The smallest absolute Gasteiger partial charge is 0.341 e. The van der Waals surface area contributed by atoms with Gasteiger partial charge in [0.25, 0.3) is 0 Å². The van der Waals surface area contributed by atoms with E-state index in [2.05, 4.69) is 5.32 Å². The standard InChI is InChI=1S/C21H24FN3O4/c1-4-12-8-24(11(3)7-23-12)19-15(22)6-13-18-17(19)16(26)5-10(2)25(18)9-14(20(13)27)21(28)29/h6,9-12,23H,4-5,7-8H2,1-3H3,(H,28,29). The lowest BCUT2D eigenvalue weighted by atomic mass is 9.91. The Morgan fingerprint density at radius 2 is 2.03 bits per heavy atom. The van der Waals surface area contributed by atoms with Crippen LogP contribution in [0, 0.1) is 5.82 Å². The van der Waals surface area contributed by atoms with Gasteiger partial charge in [0.05, 0.1) is 22.2 Å². The molecule has 2 aromatic rings. The normalized spacial score (nSPS) is 24.2. The first kappa shape index (κ1) is 19.6. The maximum atomic E-state index is 15.4. The van der Waals surface area contributed by atoms with Crippen molar-refractivity contribution in [3.63, 3.8) is 0 Å². The van der Waals surface area contributed by atoms with E-state index >= 15 is 4.39 Å². The van der Waals surface area contributed by atoms with E-state index in [9.17, 15) is 19.5 Å². The highest BCUT2D eigenvalue weighted by Gasteiger charge is 2.35. The second-order valence-corrected chi connectivity index (χ2v) is 8.05. The Labute approximate surface area is 167 Å². The van der Waals surface area contributed by atoms with Crippen molar-refractivity contribution in [1.29, 1.82) is 0 Å². The number of piperazine rings is 1. The monoisotopic (exact) mass is 401 g/mol. The lowest BCUT2D eigenvalue weighted by Crippen LogP contribution is -2.56. The lowest BCUT2D eigenvalue weighted by molar-refractivity contribution is 0.0694. The maximum absolute atomic E-state index is 15.4. The number of hydrogen-bond acceptors (Lipinski definition) is 5. The molecule has 1 aromatic heterocycles. The number of anilines is 1. The molecule has 2 aliphatic rings. The molecule has 1 fully saturated rings. The van der Waals surface area contributed by atoms with Gasteiger partial charge in [0.15, 0.2) is 5.78 Å². The Morgan fingerprint density at radius 1 is 1.31 bits per heavy atom. The molecule has 8 heteroatoms. The number of rotatable bonds is 3. The fourth-order valence-corrected chi connectivity index (χ4v) is 4.51. The predicted octanol–water partition coefficient (Wildman–Crippen LogP) is 2.56. The predicted molar refractivity (Wildman–Crippen MR) is 108 cm³/mol. The summed E-state index contributed by atoms with van der Waals surface area (Å²) in [5, 5.41) is 12.8. The van der Waals surface area contributed by atoms with Gasteiger partial charge < -0.3 is 19.9 Å². The third-order valence-electron chi connectivity index (χ3n) is 6.14. The number of hydrogen-bond donors (Lipinski definition) is 2. The van der Waals surface area contributed by atoms with E-state index in [1.807, 2.05) is 18.7 Å². The number of aromatic nitrogens is 1. The van der Waals surface area contributed by atoms with Gasteiger partial charge >= 0.3 is 5.97 Å². The summed E-state index contributed by atoms with van der Waals surface area (Å²) >= 11 is 0. The summed E-state index contributed by atoms with van der Waals surface area (Å²) < 4.78 is 17.0. The van der Waals surface area contributed by atoms with Crippen molar-refractivity contribution in [2.75, 3.05) is 18.0 Å². The maximum Gasteiger partial charge on any atom is 0.341 e. The molecule has 0 bridgehead atoms. The Morgan fingerprint density at radius 3 is 2.69 bits per heavy atom. The molecule has 1 saturated heterocycles. The number of carboxylic acid groups (broad SMARTS) is 1. The van der Waals surface area contributed by atoms with Crippen LogP contribution < -0.4 is 15.6 Å². The summed E-state index contributed by atoms with van der Waals surface area (Å²) in [6.45, 7) is 7.01. The molecule has 0 spiro atoms. The van der Waals surface area contributed by atoms with Crippen LogP contribution in [0.1, 0.15) is 60.4 Å². The van der Waals surface area contributed by atoms with E-state index in [1.54, 1.807) is 11.5 Å². The highest BCUT2D eigenvalue weighted by atomic mass is 19.1. The average molecular weight is 401 g/mol. The topological polar surface area (TPSA) is 91.6 Å². The molecular formula is C21H24FN3O4. The third-order valence-corrected chi connectivity index (χ3v) is 6.14. The number of nitrogens with zero attached hydrogens (tertiary/aromatic N) is 2. The lowest BCUT2D eigenvalue weighted by Gasteiger charge is -2.42. The highest BCUT2D eigenvalue weighted by Crippen LogP contribution is 2.39. The van der Waals surface area contributed by atoms with Gasteiger partial charge in [-0.05, 0) is 26.3 Å². The van der Waals surface area contributed by atoms with Crippen molar-refractivity contribution in [3.8, 4) is 0 Å². The minimum atomic E-state index is -1.36. The molecule has 1 aromatic carbocycles. The Balaban J connectivity index is 2.07. The summed E-state index contributed by atoms with van der Waals surface area (Å²) in [5.74, 6) is -2.25. The summed E-state index contributed by atoms with van der Waals surface area (Å²) in [5.41, 5.74) is -0.441. The zero-order valence-corrected chi connectivity index (χ0v) is 16.7. The van der Waals surface area contributed by atoms with Crippen LogP contribution in [0.15, 0.2) is 17.1 Å². The first-order valence-corrected chi connectivity index (χ1v) is 9.92. The number of Topliss-reactive ketones (excluding diaryl/α,β-unsaturated/α-hetero) is 1. The van der Waals surface area contributed by atoms with Crippen LogP contribution >= 0.6 is 0 Å². The zero-order valence-electron chi connectivity index (χ0n) is 16.7. The molecule has 154 valence electrons. The number of aromatic carboxylic acids is 1. The molecule has 29 heavy (non-hydrogen) atoms. The largest absolute Gasteiger partial charge is 0.477 e. The number of carboxylic acids is 1. The van der Waals surface area contributed by atoms with Gasteiger partial charge in [-0.2, -0.15) is 0 Å². The Kier molecular flexibility index (Phi) is 4.69. The molecular weight excluding hydrogens is 377 g/mol.